The minimum atomic E-state index is -0.951. The fourth-order valence-corrected chi connectivity index (χ4v) is 2.00. The summed E-state index contributed by atoms with van der Waals surface area (Å²) in [6.45, 7) is 0. The summed E-state index contributed by atoms with van der Waals surface area (Å²) < 4.78 is 13.2. The van der Waals surface area contributed by atoms with E-state index in [-0.39, 0.29) is 18.7 Å². The molecule has 0 aliphatic heterocycles. The molecule has 0 aromatic heterocycles. The molecule has 2 aromatic rings. The van der Waals surface area contributed by atoms with Crippen LogP contribution >= 0.6 is 0 Å². The Morgan fingerprint density at radius 3 is 2.33 bits per heavy atom. The lowest BCUT2D eigenvalue weighted by Crippen LogP contribution is -2.05. The molecule has 0 saturated carbocycles. The van der Waals surface area contributed by atoms with E-state index in [9.17, 15) is 9.18 Å². The summed E-state index contributed by atoms with van der Waals surface area (Å²) in [7, 11) is 0. The van der Waals surface area contributed by atoms with Crippen molar-refractivity contribution in [1.29, 1.82) is 0 Å². The molecule has 0 bridgehead atoms. The summed E-state index contributed by atoms with van der Waals surface area (Å²) in [5.41, 5.74) is 2.52. The van der Waals surface area contributed by atoms with E-state index in [1.807, 2.05) is 0 Å². The quantitative estimate of drug-likeness (QED) is 0.502. The lowest BCUT2D eigenvalue weighted by atomic mass is 10.0. The van der Waals surface area contributed by atoms with E-state index in [4.69, 9.17) is 10.3 Å². The monoisotopic (exact) mass is 287 g/mol. The SMILES string of the molecule is O=C(O)CC/C(=N\O)c1ccc(-c2cccc(F)c2)cc1. The molecule has 2 N–H and O–H groups in total. The van der Waals surface area contributed by atoms with Gasteiger partial charge in [-0.15, -0.1) is 0 Å². The first-order valence-corrected chi connectivity index (χ1v) is 6.39. The summed E-state index contributed by atoms with van der Waals surface area (Å²) in [6.07, 6.45) is 0.0379. The highest BCUT2D eigenvalue weighted by Gasteiger charge is 2.08. The fraction of sp³-hybridized carbons (Fsp3) is 0.125. The maximum Gasteiger partial charge on any atom is 0.303 e. The number of hydrogen-bond donors (Lipinski definition) is 2. The number of carboxylic acids is 1. The van der Waals surface area contributed by atoms with Gasteiger partial charge in [-0.1, -0.05) is 41.6 Å². The van der Waals surface area contributed by atoms with Crippen LogP contribution in [-0.2, 0) is 4.79 Å². The van der Waals surface area contributed by atoms with Gasteiger partial charge in [0.2, 0.25) is 0 Å². The zero-order valence-electron chi connectivity index (χ0n) is 11.2. The van der Waals surface area contributed by atoms with Crippen molar-refractivity contribution in [3.63, 3.8) is 0 Å². The van der Waals surface area contributed by atoms with Gasteiger partial charge in [0, 0.05) is 6.42 Å². The van der Waals surface area contributed by atoms with Crippen LogP contribution in [-0.4, -0.2) is 22.0 Å². The predicted octanol–water partition coefficient (Wildman–Crippen LogP) is 3.54. The van der Waals surface area contributed by atoms with Crippen LogP contribution < -0.4 is 0 Å². The van der Waals surface area contributed by atoms with E-state index in [2.05, 4.69) is 5.16 Å². The summed E-state index contributed by atoms with van der Waals surface area (Å²) in [5.74, 6) is -1.26. The Morgan fingerprint density at radius 2 is 1.76 bits per heavy atom. The lowest BCUT2D eigenvalue weighted by Gasteiger charge is -2.06. The first-order chi connectivity index (χ1) is 10.1. The minimum absolute atomic E-state index is 0.106. The Kier molecular flexibility index (Phi) is 4.66. The molecule has 0 heterocycles. The molecule has 0 radical (unpaired) electrons. The van der Waals surface area contributed by atoms with Gasteiger partial charge in [-0.3, -0.25) is 4.79 Å². The van der Waals surface area contributed by atoms with Crippen molar-refractivity contribution in [3.8, 4) is 11.1 Å². The van der Waals surface area contributed by atoms with Crippen molar-refractivity contribution in [2.75, 3.05) is 0 Å². The number of nitrogens with zero attached hydrogens (tertiary/aromatic N) is 1. The minimum Gasteiger partial charge on any atom is -0.481 e. The molecule has 21 heavy (non-hydrogen) atoms. The van der Waals surface area contributed by atoms with Crippen molar-refractivity contribution >= 4 is 11.7 Å². The molecule has 2 aromatic carbocycles. The van der Waals surface area contributed by atoms with Crippen molar-refractivity contribution < 1.29 is 19.5 Å². The predicted molar refractivity (Wildman–Crippen MR) is 77.0 cm³/mol. The van der Waals surface area contributed by atoms with Gasteiger partial charge >= 0.3 is 5.97 Å². The summed E-state index contributed by atoms with van der Waals surface area (Å²) in [5, 5.41) is 20.8. The molecule has 2 rings (SSSR count). The number of halogens is 1. The third kappa shape index (κ3) is 3.89. The normalized spacial score (nSPS) is 11.4. The van der Waals surface area contributed by atoms with Gasteiger partial charge in [-0.2, -0.15) is 0 Å². The van der Waals surface area contributed by atoms with Gasteiger partial charge in [0.05, 0.1) is 12.1 Å². The number of carbonyl (C=O) groups is 1. The Labute approximate surface area is 121 Å². The third-order valence-electron chi connectivity index (χ3n) is 3.07. The van der Waals surface area contributed by atoms with E-state index < -0.39 is 5.97 Å². The van der Waals surface area contributed by atoms with E-state index in [0.29, 0.717) is 11.3 Å². The Hall–Kier alpha value is -2.69. The molecule has 0 aliphatic carbocycles. The number of aliphatic carboxylic acids is 1. The second-order valence-electron chi connectivity index (χ2n) is 4.53. The topological polar surface area (TPSA) is 69.9 Å². The van der Waals surface area contributed by atoms with Crippen LogP contribution in [0.4, 0.5) is 4.39 Å². The molecule has 0 unspecified atom stereocenters. The average Bonchev–Trinajstić information content (AvgIpc) is 2.48. The summed E-state index contributed by atoms with van der Waals surface area (Å²) in [4.78, 5) is 10.5. The van der Waals surface area contributed by atoms with E-state index in [1.165, 1.54) is 12.1 Å². The van der Waals surface area contributed by atoms with E-state index in [1.54, 1.807) is 36.4 Å². The molecule has 0 fully saturated rings. The third-order valence-corrected chi connectivity index (χ3v) is 3.07. The first-order valence-electron chi connectivity index (χ1n) is 6.39. The maximum absolute atomic E-state index is 13.2. The van der Waals surface area contributed by atoms with Crippen LogP contribution in [0.2, 0.25) is 0 Å². The molecule has 4 nitrogen and oxygen atoms in total. The van der Waals surface area contributed by atoms with E-state index in [0.717, 1.165) is 11.1 Å². The van der Waals surface area contributed by atoms with Gasteiger partial charge in [-0.25, -0.2) is 4.39 Å². The fourth-order valence-electron chi connectivity index (χ4n) is 2.00. The zero-order chi connectivity index (χ0) is 15.2. The summed E-state index contributed by atoms with van der Waals surface area (Å²) in [6, 6.07) is 13.2. The molecular weight excluding hydrogens is 273 g/mol. The number of hydrogen-bond acceptors (Lipinski definition) is 3. The molecule has 0 amide bonds. The largest absolute Gasteiger partial charge is 0.481 e. The molecule has 0 spiro atoms. The van der Waals surface area contributed by atoms with Crippen LogP contribution in [0.5, 0.6) is 0 Å². The van der Waals surface area contributed by atoms with Crippen LogP contribution in [0.3, 0.4) is 0 Å². The van der Waals surface area contributed by atoms with Crippen LogP contribution in [0.1, 0.15) is 18.4 Å². The zero-order valence-corrected chi connectivity index (χ0v) is 11.2. The summed E-state index contributed by atoms with van der Waals surface area (Å²) >= 11 is 0. The maximum atomic E-state index is 13.2. The Bertz CT molecular complexity index is 665. The first kappa shape index (κ1) is 14.7. The lowest BCUT2D eigenvalue weighted by molar-refractivity contribution is -0.136. The highest BCUT2D eigenvalue weighted by atomic mass is 19.1. The van der Waals surface area contributed by atoms with Crippen LogP contribution in [0.15, 0.2) is 53.7 Å². The van der Waals surface area contributed by atoms with Gasteiger partial charge in [0.15, 0.2) is 0 Å². The van der Waals surface area contributed by atoms with Crippen molar-refractivity contribution in [2.45, 2.75) is 12.8 Å². The number of benzene rings is 2. The van der Waals surface area contributed by atoms with Crippen LogP contribution in [0, 0.1) is 5.82 Å². The smallest absolute Gasteiger partial charge is 0.303 e. The van der Waals surface area contributed by atoms with Gasteiger partial charge in [-0.05, 0) is 28.8 Å². The second-order valence-corrected chi connectivity index (χ2v) is 4.53. The Balaban J connectivity index is 2.20. The van der Waals surface area contributed by atoms with Crippen LogP contribution in [0.25, 0.3) is 11.1 Å². The number of oxime groups is 1. The highest BCUT2D eigenvalue weighted by molar-refractivity contribution is 6.01. The Morgan fingerprint density at radius 1 is 1.05 bits per heavy atom. The standard InChI is InChI=1S/C16H14FNO3/c17-14-3-1-2-13(10-14)11-4-6-12(7-5-11)15(18-21)8-9-16(19)20/h1-7,10,21H,8-9H2,(H,19,20)/b18-15+. The number of rotatable bonds is 5. The molecule has 108 valence electrons. The molecule has 0 saturated heterocycles. The van der Waals surface area contributed by atoms with Crippen molar-refractivity contribution in [1.82, 2.24) is 0 Å². The van der Waals surface area contributed by atoms with E-state index >= 15 is 0 Å². The molecule has 0 aliphatic rings. The molecule has 5 heteroatoms. The average molecular weight is 287 g/mol. The van der Waals surface area contributed by atoms with Crippen molar-refractivity contribution in [2.24, 2.45) is 5.16 Å². The number of carboxylic acid groups (broad SMARTS) is 1. The molecule has 0 atom stereocenters. The van der Waals surface area contributed by atoms with Gasteiger partial charge in [0.25, 0.3) is 0 Å². The van der Waals surface area contributed by atoms with Gasteiger partial charge in [0.1, 0.15) is 5.82 Å². The highest BCUT2D eigenvalue weighted by Crippen LogP contribution is 2.21. The second kappa shape index (κ2) is 6.65. The van der Waals surface area contributed by atoms with Gasteiger partial charge < -0.3 is 10.3 Å². The van der Waals surface area contributed by atoms with Crippen molar-refractivity contribution in [3.05, 3.63) is 59.9 Å². The molecular formula is C16H14FNO3.